The molecule has 0 unspecified atom stereocenters. The summed E-state index contributed by atoms with van der Waals surface area (Å²) in [6, 6.07) is 13.7. The lowest BCUT2D eigenvalue weighted by Gasteiger charge is -2.37. The molecule has 0 aromatic heterocycles. The number of amides is 4. The van der Waals surface area contributed by atoms with Crippen LogP contribution < -0.4 is 4.74 Å². The molecule has 0 saturated carbocycles. The third-order valence-electron chi connectivity index (χ3n) is 6.64. The highest BCUT2D eigenvalue weighted by Crippen LogP contribution is 2.42. The van der Waals surface area contributed by atoms with Crippen molar-refractivity contribution >= 4 is 35.2 Å². The van der Waals surface area contributed by atoms with Crippen LogP contribution in [0.3, 0.4) is 0 Å². The molecule has 0 N–H and O–H groups in total. The minimum Gasteiger partial charge on any atom is -0.497 e. The smallest absolute Gasteiger partial charge is 0.253 e. The number of rotatable bonds is 5. The first-order chi connectivity index (χ1) is 16.3. The molecule has 0 spiro atoms. The fourth-order valence-electron chi connectivity index (χ4n) is 4.62. The Hall–Kier alpha value is -3.39. The Morgan fingerprint density at radius 2 is 1.59 bits per heavy atom. The fraction of sp³-hybridized carbons (Fsp3) is 0.360. The zero-order chi connectivity index (χ0) is 24.5. The number of carbonyl (C=O) groups is 4. The van der Waals surface area contributed by atoms with Crippen molar-refractivity contribution in [1.29, 1.82) is 0 Å². The van der Waals surface area contributed by atoms with Gasteiger partial charge in [0.25, 0.3) is 5.91 Å². The van der Waals surface area contributed by atoms with Crippen LogP contribution in [0.15, 0.2) is 48.5 Å². The topological polar surface area (TPSA) is 87.2 Å². The maximum absolute atomic E-state index is 13.3. The Balaban J connectivity index is 1.47. The van der Waals surface area contributed by atoms with Gasteiger partial charge in [0.2, 0.25) is 17.7 Å². The van der Waals surface area contributed by atoms with Crippen molar-refractivity contribution in [3.63, 3.8) is 0 Å². The van der Waals surface area contributed by atoms with Crippen molar-refractivity contribution in [2.45, 2.75) is 18.3 Å². The van der Waals surface area contributed by atoms with E-state index >= 15 is 0 Å². The highest BCUT2D eigenvalue weighted by molar-refractivity contribution is 6.32. The monoisotopic (exact) mass is 483 g/mol. The third-order valence-corrected chi connectivity index (χ3v) is 6.97. The summed E-state index contributed by atoms with van der Waals surface area (Å²) < 4.78 is 5.13. The van der Waals surface area contributed by atoms with E-state index in [4.69, 9.17) is 16.3 Å². The second kappa shape index (κ2) is 9.46. The SMILES string of the molecule is COc1ccc(C(=O)N2CCN(C(=O)C[C@@]3(c4ccccc4Cl)CC(=O)N(C)C3=O)CC2)cc1. The molecule has 2 aliphatic rings. The van der Waals surface area contributed by atoms with Gasteiger partial charge < -0.3 is 14.5 Å². The van der Waals surface area contributed by atoms with Gasteiger partial charge in [-0.1, -0.05) is 29.8 Å². The van der Waals surface area contributed by atoms with Gasteiger partial charge in [0.1, 0.15) is 5.75 Å². The van der Waals surface area contributed by atoms with Crippen LogP contribution in [-0.2, 0) is 19.8 Å². The zero-order valence-electron chi connectivity index (χ0n) is 19.1. The molecule has 2 saturated heterocycles. The number of hydrogen-bond acceptors (Lipinski definition) is 5. The van der Waals surface area contributed by atoms with E-state index in [9.17, 15) is 19.2 Å². The van der Waals surface area contributed by atoms with Crippen molar-refractivity contribution < 1.29 is 23.9 Å². The largest absolute Gasteiger partial charge is 0.497 e. The van der Waals surface area contributed by atoms with E-state index in [1.54, 1.807) is 65.4 Å². The second-order valence-corrected chi connectivity index (χ2v) is 8.98. The number of benzene rings is 2. The fourth-order valence-corrected chi connectivity index (χ4v) is 4.94. The number of methoxy groups -OCH3 is 1. The van der Waals surface area contributed by atoms with E-state index in [1.165, 1.54) is 7.05 Å². The first-order valence-electron chi connectivity index (χ1n) is 11.0. The molecule has 1 atom stereocenters. The van der Waals surface area contributed by atoms with Gasteiger partial charge >= 0.3 is 0 Å². The molecule has 4 rings (SSSR count). The number of piperazine rings is 1. The molecule has 2 fully saturated rings. The summed E-state index contributed by atoms with van der Waals surface area (Å²) in [6.45, 7) is 1.44. The standard InChI is InChI=1S/C25H26ClN3O5/c1-27-21(30)15-25(24(27)33,19-5-3-4-6-20(19)26)16-22(31)28-11-13-29(14-12-28)23(32)17-7-9-18(34-2)10-8-17/h3-10H,11-16H2,1-2H3/t25-/m1/s1. The summed E-state index contributed by atoms with van der Waals surface area (Å²) in [6.07, 6.45) is -0.258. The number of imide groups is 1. The number of likely N-dealkylation sites (N-methyl/N-ethyl adjacent to an activating group) is 1. The van der Waals surface area contributed by atoms with Gasteiger partial charge in [-0.2, -0.15) is 0 Å². The van der Waals surface area contributed by atoms with Crippen molar-refractivity contribution in [1.82, 2.24) is 14.7 Å². The molecule has 9 heteroatoms. The molecular weight excluding hydrogens is 458 g/mol. The van der Waals surface area contributed by atoms with Crippen LogP contribution in [-0.4, -0.2) is 78.7 Å². The lowest BCUT2D eigenvalue weighted by atomic mass is 9.75. The van der Waals surface area contributed by atoms with Gasteiger partial charge in [-0.3, -0.25) is 24.1 Å². The van der Waals surface area contributed by atoms with Gasteiger partial charge in [0.15, 0.2) is 0 Å². The second-order valence-electron chi connectivity index (χ2n) is 8.57. The molecule has 0 aliphatic carbocycles. The number of likely N-dealkylation sites (tertiary alicyclic amines) is 1. The van der Waals surface area contributed by atoms with E-state index in [2.05, 4.69) is 0 Å². The number of carbonyl (C=O) groups excluding carboxylic acids is 4. The van der Waals surface area contributed by atoms with E-state index < -0.39 is 11.3 Å². The number of halogens is 1. The minimum absolute atomic E-state index is 0.103. The van der Waals surface area contributed by atoms with Gasteiger partial charge in [-0.05, 0) is 35.9 Å². The molecule has 8 nitrogen and oxygen atoms in total. The van der Waals surface area contributed by atoms with Crippen molar-refractivity contribution in [3.8, 4) is 5.75 Å². The molecule has 2 heterocycles. The van der Waals surface area contributed by atoms with Crippen LogP contribution in [0, 0.1) is 0 Å². The quantitative estimate of drug-likeness (QED) is 0.609. The maximum Gasteiger partial charge on any atom is 0.253 e. The highest BCUT2D eigenvalue weighted by atomic mass is 35.5. The van der Waals surface area contributed by atoms with E-state index in [-0.39, 0.29) is 30.6 Å². The molecule has 0 radical (unpaired) electrons. The van der Waals surface area contributed by atoms with E-state index in [0.29, 0.717) is 48.1 Å². The molecule has 2 aliphatic heterocycles. The Morgan fingerprint density at radius 1 is 0.971 bits per heavy atom. The Morgan fingerprint density at radius 3 is 2.15 bits per heavy atom. The van der Waals surface area contributed by atoms with Crippen LogP contribution in [0.5, 0.6) is 5.75 Å². The Bertz CT molecular complexity index is 1130. The lowest BCUT2D eigenvalue weighted by molar-refractivity contribution is -0.142. The van der Waals surface area contributed by atoms with Gasteiger partial charge in [-0.25, -0.2) is 0 Å². The average Bonchev–Trinajstić information content (AvgIpc) is 3.07. The molecule has 2 aromatic carbocycles. The van der Waals surface area contributed by atoms with Gasteiger partial charge in [0, 0.05) is 56.7 Å². The molecule has 34 heavy (non-hydrogen) atoms. The molecule has 178 valence electrons. The van der Waals surface area contributed by atoms with Gasteiger partial charge in [0.05, 0.1) is 12.5 Å². The predicted molar refractivity (Wildman–Crippen MR) is 126 cm³/mol. The average molecular weight is 484 g/mol. The molecule has 2 aromatic rings. The predicted octanol–water partition coefficient (Wildman–Crippen LogP) is 2.35. The normalized spacial score (nSPS) is 20.6. The van der Waals surface area contributed by atoms with Crippen molar-refractivity contribution in [3.05, 3.63) is 64.7 Å². The molecule has 0 bridgehead atoms. The number of nitrogens with zero attached hydrogens (tertiary/aromatic N) is 3. The summed E-state index contributed by atoms with van der Waals surface area (Å²) in [5.74, 6) is -0.446. The van der Waals surface area contributed by atoms with Crippen LogP contribution in [0.4, 0.5) is 0 Å². The van der Waals surface area contributed by atoms with Gasteiger partial charge in [-0.15, -0.1) is 0 Å². The number of hydrogen-bond donors (Lipinski definition) is 0. The summed E-state index contributed by atoms with van der Waals surface area (Å²) in [7, 11) is 2.99. The van der Waals surface area contributed by atoms with E-state index in [0.717, 1.165) is 4.90 Å². The summed E-state index contributed by atoms with van der Waals surface area (Å²) >= 11 is 6.40. The lowest BCUT2D eigenvalue weighted by Crippen LogP contribution is -2.52. The Kier molecular flexibility index (Phi) is 6.61. The highest BCUT2D eigenvalue weighted by Gasteiger charge is 2.53. The van der Waals surface area contributed by atoms with Crippen LogP contribution >= 0.6 is 11.6 Å². The first kappa shape index (κ1) is 23.8. The van der Waals surface area contributed by atoms with Crippen LogP contribution in [0.25, 0.3) is 0 Å². The minimum atomic E-state index is -1.32. The van der Waals surface area contributed by atoms with E-state index in [1.807, 2.05) is 0 Å². The Labute approximate surface area is 203 Å². The van der Waals surface area contributed by atoms with Crippen molar-refractivity contribution in [2.24, 2.45) is 0 Å². The summed E-state index contributed by atoms with van der Waals surface area (Å²) in [4.78, 5) is 56.1. The van der Waals surface area contributed by atoms with Crippen molar-refractivity contribution in [2.75, 3.05) is 40.3 Å². The summed E-state index contributed by atoms with van der Waals surface area (Å²) in [5, 5.41) is 0.349. The first-order valence-corrected chi connectivity index (χ1v) is 11.4. The maximum atomic E-state index is 13.3. The molecular formula is C25H26ClN3O5. The van der Waals surface area contributed by atoms with Crippen LogP contribution in [0.2, 0.25) is 5.02 Å². The van der Waals surface area contributed by atoms with Crippen LogP contribution in [0.1, 0.15) is 28.8 Å². The zero-order valence-corrected chi connectivity index (χ0v) is 19.9. The third kappa shape index (κ3) is 4.25. The number of ether oxygens (including phenoxy) is 1. The summed E-state index contributed by atoms with van der Waals surface area (Å²) in [5.41, 5.74) is -0.283. The molecule has 4 amide bonds.